The van der Waals surface area contributed by atoms with Crippen LogP contribution < -0.4 is 5.56 Å². The lowest BCUT2D eigenvalue weighted by atomic mass is 10.00. The van der Waals surface area contributed by atoms with E-state index in [4.69, 9.17) is 0 Å². The van der Waals surface area contributed by atoms with Crippen LogP contribution in [0.4, 0.5) is 4.39 Å². The number of aromatic nitrogens is 3. The monoisotopic (exact) mass is 391 g/mol. The molecule has 0 saturated heterocycles. The van der Waals surface area contributed by atoms with Gasteiger partial charge in [0.05, 0.1) is 18.3 Å². The van der Waals surface area contributed by atoms with Crippen molar-refractivity contribution in [2.45, 2.75) is 32.4 Å². The Bertz CT molecular complexity index is 1190. The Morgan fingerprint density at radius 1 is 1.00 bits per heavy atom. The summed E-state index contributed by atoms with van der Waals surface area (Å²) in [5, 5.41) is 15.0. The smallest absolute Gasteiger partial charge is 0.276 e. The first-order valence-corrected chi connectivity index (χ1v) is 9.55. The van der Waals surface area contributed by atoms with Gasteiger partial charge in [0.25, 0.3) is 5.56 Å². The van der Waals surface area contributed by atoms with Crippen LogP contribution in [0.1, 0.15) is 37.0 Å². The van der Waals surface area contributed by atoms with Crippen LogP contribution in [-0.4, -0.2) is 19.3 Å². The predicted octanol–water partition coefficient (Wildman–Crippen LogP) is 4.16. The molecule has 0 aliphatic heterocycles. The van der Waals surface area contributed by atoms with Gasteiger partial charge >= 0.3 is 0 Å². The van der Waals surface area contributed by atoms with Crippen molar-refractivity contribution in [1.29, 1.82) is 0 Å². The van der Waals surface area contributed by atoms with Crippen LogP contribution >= 0.6 is 0 Å². The number of aliphatic hydroxyl groups is 1. The van der Waals surface area contributed by atoms with Gasteiger partial charge in [-0.05, 0) is 47.4 Å². The van der Waals surface area contributed by atoms with Gasteiger partial charge in [0.1, 0.15) is 11.3 Å². The van der Waals surface area contributed by atoms with Gasteiger partial charge in [-0.15, -0.1) is 0 Å². The van der Waals surface area contributed by atoms with Gasteiger partial charge in [0, 0.05) is 18.0 Å². The number of rotatable bonds is 5. The third kappa shape index (κ3) is 3.84. The van der Waals surface area contributed by atoms with Gasteiger partial charge in [0.2, 0.25) is 0 Å². The van der Waals surface area contributed by atoms with Gasteiger partial charge < -0.3 is 9.67 Å². The predicted molar refractivity (Wildman–Crippen MR) is 110 cm³/mol. The average Bonchev–Trinajstić information content (AvgIpc) is 3.16. The minimum absolute atomic E-state index is 0.146. The topological polar surface area (TPSA) is 59.5 Å². The number of aliphatic hydroxyl groups excluding tert-OH is 1. The minimum Gasteiger partial charge on any atom is -0.387 e. The van der Waals surface area contributed by atoms with E-state index in [1.807, 2.05) is 24.3 Å². The van der Waals surface area contributed by atoms with E-state index in [2.05, 4.69) is 18.9 Å². The zero-order valence-corrected chi connectivity index (χ0v) is 16.3. The molecule has 5 nitrogen and oxygen atoms in total. The van der Waals surface area contributed by atoms with Crippen LogP contribution in [0.2, 0.25) is 0 Å². The summed E-state index contributed by atoms with van der Waals surface area (Å²) in [7, 11) is 0. The summed E-state index contributed by atoms with van der Waals surface area (Å²) in [6.45, 7) is 4.38. The summed E-state index contributed by atoms with van der Waals surface area (Å²) >= 11 is 0. The third-order valence-corrected chi connectivity index (χ3v) is 5.10. The Hall–Kier alpha value is -3.25. The fourth-order valence-electron chi connectivity index (χ4n) is 3.33. The second-order valence-corrected chi connectivity index (χ2v) is 7.46. The molecule has 0 radical (unpaired) electrons. The normalized spacial score (nSPS) is 12.6. The molecule has 6 heteroatoms. The first kappa shape index (κ1) is 19.1. The first-order chi connectivity index (χ1) is 13.9. The van der Waals surface area contributed by atoms with Crippen LogP contribution in [0.25, 0.3) is 16.8 Å². The van der Waals surface area contributed by atoms with Crippen molar-refractivity contribution in [3.8, 4) is 11.3 Å². The quantitative estimate of drug-likeness (QED) is 0.556. The van der Waals surface area contributed by atoms with Crippen molar-refractivity contribution >= 4 is 5.52 Å². The molecular formula is C23H22FN3O2. The molecule has 1 N–H and O–H groups in total. The molecule has 2 aromatic heterocycles. The van der Waals surface area contributed by atoms with E-state index in [9.17, 15) is 14.3 Å². The summed E-state index contributed by atoms with van der Waals surface area (Å²) in [4.78, 5) is 12.9. The number of fused-ring (bicyclic) bond motifs is 1. The van der Waals surface area contributed by atoms with Gasteiger partial charge in [-0.2, -0.15) is 5.10 Å². The molecule has 0 unspecified atom stereocenters. The molecule has 4 rings (SSSR count). The maximum absolute atomic E-state index is 13.1. The van der Waals surface area contributed by atoms with E-state index in [1.165, 1.54) is 26.8 Å². The molecule has 0 fully saturated rings. The van der Waals surface area contributed by atoms with Crippen LogP contribution in [0.5, 0.6) is 0 Å². The summed E-state index contributed by atoms with van der Waals surface area (Å²) in [6.07, 6.45) is 2.50. The Morgan fingerprint density at radius 3 is 2.31 bits per heavy atom. The van der Waals surface area contributed by atoms with Gasteiger partial charge in [-0.3, -0.25) is 4.79 Å². The van der Waals surface area contributed by atoms with Crippen molar-refractivity contribution in [2.24, 2.45) is 0 Å². The lowest BCUT2D eigenvalue weighted by Crippen LogP contribution is -2.24. The van der Waals surface area contributed by atoms with Crippen LogP contribution in [0.3, 0.4) is 0 Å². The maximum atomic E-state index is 13.1. The highest BCUT2D eigenvalue weighted by atomic mass is 19.1. The summed E-state index contributed by atoms with van der Waals surface area (Å²) in [6, 6.07) is 15.4. The standard InChI is InChI=1S/C23H22FN3O2/c1-15(2)16-3-5-18(6-4-16)22(28)14-26-11-12-27-21(23(26)29)13-20(25-27)17-7-9-19(24)10-8-17/h3-13,15,22,28H,14H2,1-2H3/t22-/m0/s1. The number of hydrogen-bond donors (Lipinski definition) is 1. The molecule has 148 valence electrons. The molecule has 2 heterocycles. The molecule has 0 aliphatic rings. The van der Waals surface area contributed by atoms with Crippen molar-refractivity contribution in [3.05, 3.63) is 94.3 Å². The summed E-state index contributed by atoms with van der Waals surface area (Å²) in [5.41, 5.74) is 3.44. The summed E-state index contributed by atoms with van der Waals surface area (Å²) < 4.78 is 16.1. The van der Waals surface area contributed by atoms with E-state index >= 15 is 0 Å². The number of halogens is 1. The van der Waals surface area contributed by atoms with Crippen molar-refractivity contribution < 1.29 is 9.50 Å². The molecule has 29 heavy (non-hydrogen) atoms. The van der Waals surface area contributed by atoms with Crippen molar-refractivity contribution in [1.82, 2.24) is 14.2 Å². The highest BCUT2D eigenvalue weighted by Gasteiger charge is 2.13. The fraction of sp³-hybridized carbons (Fsp3) is 0.217. The second kappa shape index (κ2) is 7.64. The zero-order chi connectivity index (χ0) is 20.5. The highest BCUT2D eigenvalue weighted by Crippen LogP contribution is 2.21. The van der Waals surface area contributed by atoms with E-state index < -0.39 is 6.10 Å². The average molecular weight is 391 g/mol. The van der Waals surface area contributed by atoms with Crippen molar-refractivity contribution in [3.63, 3.8) is 0 Å². The Morgan fingerprint density at radius 2 is 1.66 bits per heavy atom. The molecule has 0 amide bonds. The molecule has 1 atom stereocenters. The highest BCUT2D eigenvalue weighted by molar-refractivity contribution is 5.65. The van der Waals surface area contributed by atoms with Gasteiger partial charge in [0.15, 0.2) is 0 Å². The lowest BCUT2D eigenvalue weighted by Gasteiger charge is -2.14. The zero-order valence-electron chi connectivity index (χ0n) is 16.3. The van der Waals surface area contributed by atoms with Gasteiger partial charge in [-0.25, -0.2) is 8.91 Å². The first-order valence-electron chi connectivity index (χ1n) is 9.55. The van der Waals surface area contributed by atoms with E-state index in [-0.39, 0.29) is 17.9 Å². The summed E-state index contributed by atoms with van der Waals surface area (Å²) in [5.74, 6) is 0.0960. The SMILES string of the molecule is CC(C)c1ccc([C@@H](O)Cn2ccn3nc(-c4ccc(F)cc4)cc3c2=O)cc1. The third-order valence-electron chi connectivity index (χ3n) is 5.10. The molecule has 0 saturated carbocycles. The number of nitrogens with zero attached hydrogens (tertiary/aromatic N) is 3. The van der Waals surface area contributed by atoms with E-state index in [1.54, 1.807) is 30.6 Å². The van der Waals surface area contributed by atoms with Gasteiger partial charge in [-0.1, -0.05) is 38.1 Å². The van der Waals surface area contributed by atoms with Crippen LogP contribution in [0.15, 0.2) is 71.8 Å². The molecule has 2 aromatic carbocycles. The fourth-order valence-corrected chi connectivity index (χ4v) is 3.33. The molecular weight excluding hydrogens is 369 g/mol. The Labute approximate surface area is 167 Å². The largest absolute Gasteiger partial charge is 0.387 e. The number of hydrogen-bond acceptors (Lipinski definition) is 3. The minimum atomic E-state index is -0.796. The van der Waals surface area contributed by atoms with E-state index in [0.717, 1.165) is 11.1 Å². The Balaban J connectivity index is 1.61. The lowest BCUT2D eigenvalue weighted by molar-refractivity contribution is 0.155. The maximum Gasteiger partial charge on any atom is 0.276 e. The van der Waals surface area contributed by atoms with Crippen LogP contribution in [-0.2, 0) is 6.54 Å². The second-order valence-electron chi connectivity index (χ2n) is 7.46. The van der Waals surface area contributed by atoms with E-state index in [0.29, 0.717) is 17.1 Å². The molecule has 0 spiro atoms. The Kier molecular flexibility index (Phi) is 5.03. The van der Waals surface area contributed by atoms with Crippen molar-refractivity contribution in [2.75, 3.05) is 0 Å². The molecule has 0 bridgehead atoms. The number of benzene rings is 2. The van der Waals surface area contributed by atoms with Crippen LogP contribution in [0, 0.1) is 5.82 Å². The molecule has 0 aliphatic carbocycles. The molecule has 4 aromatic rings.